The quantitative estimate of drug-likeness (QED) is 0.907. The predicted molar refractivity (Wildman–Crippen MR) is 75.2 cm³/mol. The highest BCUT2D eigenvalue weighted by Crippen LogP contribution is 2.24. The van der Waals surface area contributed by atoms with Crippen LogP contribution in [-0.4, -0.2) is 7.05 Å². The Hall–Kier alpha value is -2.31. The molecule has 3 heteroatoms. The van der Waals surface area contributed by atoms with E-state index in [0.29, 0.717) is 5.56 Å². The largest absolute Gasteiger partial charge is 0.457 e. The summed E-state index contributed by atoms with van der Waals surface area (Å²) in [4.78, 5) is 0. The van der Waals surface area contributed by atoms with Gasteiger partial charge in [-0.05, 0) is 55.4 Å². The first kappa shape index (κ1) is 13.1. The molecule has 2 aromatic rings. The number of hydrogen-bond donors (Lipinski definition) is 1. The van der Waals surface area contributed by atoms with Crippen molar-refractivity contribution in [1.82, 2.24) is 5.32 Å². The normalized spacial score (nSPS) is 9.95. The summed E-state index contributed by atoms with van der Waals surface area (Å²) in [5.41, 5.74) is 2.77. The number of nitrogens with zero attached hydrogens (tertiary/aromatic N) is 1. The first-order valence-electron chi connectivity index (χ1n) is 6.15. The van der Waals surface area contributed by atoms with Crippen LogP contribution in [0, 0.1) is 18.3 Å². The van der Waals surface area contributed by atoms with Gasteiger partial charge in [-0.3, -0.25) is 0 Å². The van der Waals surface area contributed by atoms with E-state index in [9.17, 15) is 0 Å². The fraction of sp³-hybridized carbons (Fsp3) is 0.188. The van der Waals surface area contributed by atoms with Gasteiger partial charge in [0.1, 0.15) is 11.5 Å². The molecule has 0 aliphatic rings. The van der Waals surface area contributed by atoms with Crippen LogP contribution in [0.1, 0.15) is 16.7 Å². The van der Waals surface area contributed by atoms with Crippen LogP contribution in [0.3, 0.4) is 0 Å². The van der Waals surface area contributed by atoms with Crippen LogP contribution < -0.4 is 10.1 Å². The van der Waals surface area contributed by atoms with E-state index >= 15 is 0 Å². The second-order valence-electron chi connectivity index (χ2n) is 4.37. The molecular formula is C16H16N2O. The molecule has 2 aromatic carbocycles. The van der Waals surface area contributed by atoms with Crippen molar-refractivity contribution in [3.63, 3.8) is 0 Å². The molecule has 0 bridgehead atoms. The average Bonchev–Trinajstić information content (AvgIpc) is 2.40. The Labute approximate surface area is 113 Å². The van der Waals surface area contributed by atoms with E-state index in [1.165, 1.54) is 5.56 Å². The number of hydrogen-bond acceptors (Lipinski definition) is 3. The van der Waals surface area contributed by atoms with Crippen LogP contribution in [0.15, 0.2) is 42.5 Å². The van der Waals surface area contributed by atoms with Gasteiger partial charge in [-0.25, -0.2) is 0 Å². The molecule has 0 saturated carbocycles. The molecule has 0 aromatic heterocycles. The van der Waals surface area contributed by atoms with Crippen molar-refractivity contribution in [2.45, 2.75) is 13.5 Å². The van der Waals surface area contributed by atoms with Crippen LogP contribution in [0.4, 0.5) is 0 Å². The van der Waals surface area contributed by atoms with Crippen LogP contribution in [0.25, 0.3) is 0 Å². The van der Waals surface area contributed by atoms with Gasteiger partial charge >= 0.3 is 0 Å². The Morgan fingerprint density at radius 1 is 1.16 bits per heavy atom. The summed E-state index contributed by atoms with van der Waals surface area (Å²) >= 11 is 0. The number of nitriles is 1. The van der Waals surface area contributed by atoms with Crippen LogP contribution >= 0.6 is 0 Å². The second kappa shape index (κ2) is 6.03. The summed E-state index contributed by atoms with van der Waals surface area (Å²) in [5, 5.41) is 12.0. The van der Waals surface area contributed by atoms with E-state index < -0.39 is 0 Å². The Morgan fingerprint density at radius 3 is 2.63 bits per heavy atom. The van der Waals surface area contributed by atoms with Crippen molar-refractivity contribution in [2.75, 3.05) is 7.05 Å². The Kier molecular flexibility index (Phi) is 4.17. The van der Waals surface area contributed by atoms with E-state index in [4.69, 9.17) is 10.00 Å². The second-order valence-corrected chi connectivity index (χ2v) is 4.37. The lowest BCUT2D eigenvalue weighted by Gasteiger charge is -2.08. The monoisotopic (exact) mass is 252 g/mol. The highest BCUT2D eigenvalue weighted by molar-refractivity contribution is 5.43. The molecule has 1 N–H and O–H groups in total. The van der Waals surface area contributed by atoms with Crippen LogP contribution in [-0.2, 0) is 6.54 Å². The van der Waals surface area contributed by atoms with E-state index in [1.54, 1.807) is 6.07 Å². The predicted octanol–water partition coefficient (Wildman–Crippen LogP) is 3.38. The van der Waals surface area contributed by atoms with Gasteiger partial charge in [-0.15, -0.1) is 0 Å². The molecule has 3 nitrogen and oxygen atoms in total. The maximum atomic E-state index is 8.90. The average molecular weight is 252 g/mol. The first-order chi connectivity index (χ1) is 9.22. The molecule has 0 atom stereocenters. The summed E-state index contributed by atoms with van der Waals surface area (Å²) in [6, 6.07) is 15.6. The molecule has 2 rings (SSSR count). The van der Waals surface area contributed by atoms with Gasteiger partial charge in [0.2, 0.25) is 0 Å². The van der Waals surface area contributed by atoms with Gasteiger partial charge < -0.3 is 10.1 Å². The van der Waals surface area contributed by atoms with Crippen LogP contribution in [0.5, 0.6) is 11.5 Å². The van der Waals surface area contributed by atoms with Crippen molar-refractivity contribution in [3.8, 4) is 17.6 Å². The third-order valence-electron chi connectivity index (χ3n) is 2.83. The Morgan fingerprint density at radius 2 is 1.95 bits per heavy atom. The molecule has 19 heavy (non-hydrogen) atoms. The summed E-state index contributed by atoms with van der Waals surface area (Å²) in [6.07, 6.45) is 0. The zero-order chi connectivity index (χ0) is 13.7. The highest BCUT2D eigenvalue weighted by atomic mass is 16.5. The minimum atomic E-state index is 0.677. The van der Waals surface area contributed by atoms with Gasteiger partial charge in [0, 0.05) is 6.54 Å². The minimum absolute atomic E-state index is 0.677. The van der Waals surface area contributed by atoms with Gasteiger partial charge in [-0.2, -0.15) is 5.26 Å². The van der Waals surface area contributed by atoms with Crippen molar-refractivity contribution in [1.29, 1.82) is 5.26 Å². The summed E-state index contributed by atoms with van der Waals surface area (Å²) in [6.45, 7) is 2.71. The minimum Gasteiger partial charge on any atom is -0.457 e. The van der Waals surface area contributed by atoms with Gasteiger partial charge in [0.05, 0.1) is 11.6 Å². The van der Waals surface area contributed by atoms with Crippen molar-refractivity contribution in [2.24, 2.45) is 0 Å². The van der Waals surface area contributed by atoms with E-state index in [2.05, 4.69) is 11.4 Å². The molecule has 0 radical (unpaired) electrons. The molecule has 0 heterocycles. The topological polar surface area (TPSA) is 45.0 Å². The number of benzene rings is 2. The Bertz CT molecular complexity index is 614. The zero-order valence-corrected chi connectivity index (χ0v) is 11.1. The SMILES string of the molecule is CNCc1cccc(Oc2ccc(C#N)c(C)c2)c1. The van der Waals surface area contributed by atoms with Crippen LogP contribution in [0.2, 0.25) is 0 Å². The number of aryl methyl sites for hydroxylation is 1. The molecule has 96 valence electrons. The van der Waals surface area contributed by atoms with Gasteiger partial charge in [-0.1, -0.05) is 12.1 Å². The number of nitrogens with one attached hydrogen (secondary N) is 1. The molecule has 0 aliphatic heterocycles. The first-order valence-corrected chi connectivity index (χ1v) is 6.15. The molecule has 0 aliphatic carbocycles. The molecule has 0 unspecified atom stereocenters. The molecular weight excluding hydrogens is 236 g/mol. The smallest absolute Gasteiger partial charge is 0.127 e. The van der Waals surface area contributed by atoms with Crippen molar-refractivity contribution >= 4 is 0 Å². The van der Waals surface area contributed by atoms with Crippen molar-refractivity contribution in [3.05, 3.63) is 59.2 Å². The maximum Gasteiger partial charge on any atom is 0.127 e. The molecule has 0 fully saturated rings. The summed E-state index contributed by atoms with van der Waals surface area (Å²) in [7, 11) is 1.91. The highest BCUT2D eigenvalue weighted by Gasteiger charge is 2.02. The lowest BCUT2D eigenvalue weighted by Crippen LogP contribution is -2.04. The van der Waals surface area contributed by atoms with E-state index in [1.807, 2.05) is 50.4 Å². The Balaban J connectivity index is 2.19. The van der Waals surface area contributed by atoms with Gasteiger partial charge in [0.15, 0.2) is 0 Å². The molecule has 0 spiro atoms. The number of ether oxygens (including phenoxy) is 1. The van der Waals surface area contributed by atoms with Gasteiger partial charge in [0.25, 0.3) is 0 Å². The van der Waals surface area contributed by atoms with E-state index in [0.717, 1.165) is 23.6 Å². The zero-order valence-electron chi connectivity index (χ0n) is 11.1. The van der Waals surface area contributed by atoms with E-state index in [-0.39, 0.29) is 0 Å². The lowest BCUT2D eigenvalue weighted by molar-refractivity contribution is 0.481. The molecule has 0 saturated heterocycles. The maximum absolute atomic E-state index is 8.90. The standard InChI is InChI=1S/C16H16N2O/c1-12-8-16(7-6-14(12)10-17)19-15-5-3-4-13(9-15)11-18-2/h3-9,18H,11H2,1-2H3. The molecule has 0 amide bonds. The number of rotatable bonds is 4. The summed E-state index contributed by atoms with van der Waals surface area (Å²) in [5.74, 6) is 1.55. The third kappa shape index (κ3) is 3.34. The fourth-order valence-electron chi connectivity index (χ4n) is 1.88. The van der Waals surface area contributed by atoms with Crippen molar-refractivity contribution < 1.29 is 4.74 Å². The summed E-state index contributed by atoms with van der Waals surface area (Å²) < 4.78 is 5.81. The fourth-order valence-corrected chi connectivity index (χ4v) is 1.88. The third-order valence-corrected chi connectivity index (χ3v) is 2.83. The lowest BCUT2D eigenvalue weighted by atomic mass is 10.1.